The van der Waals surface area contributed by atoms with Crippen LogP contribution in [-0.2, 0) is 20.7 Å². The van der Waals surface area contributed by atoms with E-state index in [4.69, 9.17) is 9.84 Å². The maximum atomic E-state index is 11.3. The highest BCUT2D eigenvalue weighted by molar-refractivity contribution is 5.91. The Kier molecular flexibility index (Phi) is 6.60. The van der Waals surface area contributed by atoms with Gasteiger partial charge in [0, 0.05) is 19.2 Å². The second kappa shape index (κ2) is 8.26. The third kappa shape index (κ3) is 6.57. The molecular formula is C14H19NO4. The minimum atomic E-state index is -0.754. The molecule has 0 spiro atoms. The molecule has 104 valence electrons. The largest absolute Gasteiger partial charge is 0.481 e. The number of anilines is 1. The fourth-order valence-electron chi connectivity index (χ4n) is 1.69. The van der Waals surface area contributed by atoms with Crippen molar-refractivity contribution in [2.45, 2.75) is 25.7 Å². The Bertz CT molecular complexity index is 414. The maximum Gasteiger partial charge on any atom is 0.303 e. The zero-order valence-corrected chi connectivity index (χ0v) is 11.0. The fourth-order valence-corrected chi connectivity index (χ4v) is 1.69. The van der Waals surface area contributed by atoms with Crippen LogP contribution in [0.4, 0.5) is 5.69 Å². The van der Waals surface area contributed by atoms with Gasteiger partial charge in [-0.2, -0.15) is 0 Å². The number of carboxylic acids is 1. The number of amides is 1. The summed E-state index contributed by atoms with van der Waals surface area (Å²) < 4.78 is 4.72. The van der Waals surface area contributed by atoms with Gasteiger partial charge in [0.1, 0.15) is 6.61 Å². The van der Waals surface area contributed by atoms with Crippen molar-refractivity contribution < 1.29 is 19.4 Å². The summed E-state index contributed by atoms with van der Waals surface area (Å²) in [5.41, 5.74) is 1.87. The van der Waals surface area contributed by atoms with Gasteiger partial charge < -0.3 is 15.2 Å². The van der Waals surface area contributed by atoms with E-state index in [1.165, 1.54) is 7.11 Å². The van der Waals surface area contributed by atoms with Gasteiger partial charge >= 0.3 is 5.97 Å². The topological polar surface area (TPSA) is 75.6 Å². The first-order chi connectivity index (χ1) is 9.11. The molecule has 0 atom stereocenters. The number of benzene rings is 1. The van der Waals surface area contributed by atoms with E-state index in [0.29, 0.717) is 6.42 Å². The Labute approximate surface area is 112 Å². The molecule has 1 amide bonds. The van der Waals surface area contributed by atoms with Crippen molar-refractivity contribution in [1.29, 1.82) is 0 Å². The zero-order chi connectivity index (χ0) is 14.1. The predicted octanol–water partition coefficient (Wildman–Crippen LogP) is 2.07. The van der Waals surface area contributed by atoms with Crippen LogP contribution in [0.25, 0.3) is 0 Å². The van der Waals surface area contributed by atoms with E-state index in [1.54, 1.807) is 0 Å². The van der Waals surface area contributed by atoms with Crippen molar-refractivity contribution in [3.05, 3.63) is 29.8 Å². The van der Waals surface area contributed by atoms with E-state index < -0.39 is 5.97 Å². The van der Waals surface area contributed by atoms with Crippen LogP contribution in [0, 0.1) is 0 Å². The van der Waals surface area contributed by atoms with Gasteiger partial charge in [-0.15, -0.1) is 0 Å². The third-order valence-corrected chi connectivity index (χ3v) is 2.62. The van der Waals surface area contributed by atoms with E-state index in [-0.39, 0.29) is 18.9 Å². The number of carbonyl (C=O) groups is 2. The maximum absolute atomic E-state index is 11.3. The molecule has 2 N–H and O–H groups in total. The van der Waals surface area contributed by atoms with Gasteiger partial charge in [-0.1, -0.05) is 12.1 Å². The van der Waals surface area contributed by atoms with Crippen LogP contribution in [0.5, 0.6) is 0 Å². The number of nitrogens with one attached hydrogen (secondary N) is 1. The number of aliphatic carboxylic acids is 1. The molecule has 1 aromatic rings. The second-order valence-electron chi connectivity index (χ2n) is 4.28. The average molecular weight is 265 g/mol. The molecule has 0 bridgehead atoms. The van der Waals surface area contributed by atoms with Crippen LogP contribution in [-0.4, -0.2) is 30.7 Å². The Morgan fingerprint density at radius 2 is 1.89 bits per heavy atom. The van der Waals surface area contributed by atoms with Crippen LogP contribution in [0.1, 0.15) is 24.8 Å². The van der Waals surface area contributed by atoms with Crippen LogP contribution in [0.15, 0.2) is 24.3 Å². The quantitative estimate of drug-likeness (QED) is 0.705. The Morgan fingerprint density at radius 3 is 2.47 bits per heavy atom. The lowest BCUT2D eigenvalue weighted by Gasteiger charge is -2.06. The Morgan fingerprint density at radius 1 is 1.21 bits per heavy atom. The van der Waals surface area contributed by atoms with Gasteiger partial charge in [-0.05, 0) is 37.0 Å². The van der Waals surface area contributed by atoms with Crippen molar-refractivity contribution in [2.75, 3.05) is 19.0 Å². The predicted molar refractivity (Wildman–Crippen MR) is 72.1 cm³/mol. The molecule has 1 aromatic carbocycles. The summed E-state index contributed by atoms with van der Waals surface area (Å²) in [4.78, 5) is 21.6. The molecule has 0 saturated heterocycles. The van der Waals surface area contributed by atoms with Crippen molar-refractivity contribution >= 4 is 17.6 Å². The summed E-state index contributed by atoms with van der Waals surface area (Å²) in [6, 6.07) is 7.53. The lowest BCUT2D eigenvalue weighted by atomic mass is 10.1. The molecule has 0 radical (unpaired) electrons. The van der Waals surface area contributed by atoms with Crippen LogP contribution in [0.3, 0.4) is 0 Å². The number of unbranched alkanes of at least 4 members (excludes halogenated alkanes) is 1. The fraction of sp³-hybridized carbons (Fsp3) is 0.429. The molecule has 5 heteroatoms. The van der Waals surface area contributed by atoms with Gasteiger partial charge in [-0.3, -0.25) is 9.59 Å². The SMILES string of the molecule is COCC(=O)Nc1ccc(CCCCC(=O)O)cc1. The first kappa shape index (κ1) is 15.2. The monoisotopic (exact) mass is 265 g/mol. The lowest BCUT2D eigenvalue weighted by Crippen LogP contribution is -2.16. The average Bonchev–Trinajstić information content (AvgIpc) is 2.36. The minimum Gasteiger partial charge on any atom is -0.481 e. The molecule has 1 rings (SSSR count). The van der Waals surface area contributed by atoms with Crippen molar-refractivity contribution in [2.24, 2.45) is 0 Å². The molecule has 0 aliphatic heterocycles. The number of ether oxygens (including phenoxy) is 1. The van der Waals surface area contributed by atoms with Gasteiger partial charge in [-0.25, -0.2) is 0 Å². The lowest BCUT2D eigenvalue weighted by molar-refractivity contribution is -0.137. The van der Waals surface area contributed by atoms with Gasteiger partial charge in [0.15, 0.2) is 0 Å². The van der Waals surface area contributed by atoms with Gasteiger partial charge in [0.25, 0.3) is 0 Å². The first-order valence-electron chi connectivity index (χ1n) is 6.21. The van der Waals surface area contributed by atoms with Gasteiger partial charge in [0.05, 0.1) is 0 Å². The highest BCUT2D eigenvalue weighted by Crippen LogP contribution is 2.12. The van der Waals surface area contributed by atoms with E-state index in [0.717, 1.165) is 24.1 Å². The molecule has 0 fully saturated rings. The number of rotatable bonds is 8. The van der Waals surface area contributed by atoms with Crippen LogP contribution < -0.4 is 5.32 Å². The highest BCUT2D eigenvalue weighted by atomic mass is 16.5. The van der Waals surface area contributed by atoms with Crippen molar-refractivity contribution in [3.63, 3.8) is 0 Å². The standard InChI is InChI=1S/C14H19NO4/c1-19-10-13(16)15-12-8-6-11(7-9-12)4-2-3-5-14(17)18/h6-9H,2-5,10H2,1H3,(H,15,16)(H,17,18). The summed E-state index contributed by atoms with van der Waals surface area (Å²) in [5, 5.41) is 11.2. The number of hydrogen-bond acceptors (Lipinski definition) is 3. The zero-order valence-electron chi connectivity index (χ0n) is 11.0. The molecule has 0 saturated carbocycles. The summed E-state index contributed by atoms with van der Waals surface area (Å²) in [6.07, 6.45) is 2.59. The minimum absolute atomic E-state index is 0.0386. The van der Waals surface area contributed by atoms with Crippen LogP contribution >= 0.6 is 0 Å². The molecule has 0 aliphatic rings. The number of hydrogen-bond donors (Lipinski definition) is 2. The third-order valence-electron chi connectivity index (χ3n) is 2.62. The smallest absolute Gasteiger partial charge is 0.303 e. The van der Waals surface area contributed by atoms with Gasteiger partial charge in [0.2, 0.25) is 5.91 Å². The number of carbonyl (C=O) groups excluding carboxylic acids is 1. The number of carboxylic acid groups (broad SMARTS) is 1. The normalized spacial score (nSPS) is 10.2. The summed E-state index contributed by atoms with van der Waals surface area (Å²) in [6.45, 7) is 0.0386. The molecule has 0 aromatic heterocycles. The van der Waals surface area contributed by atoms with Crippen molar-refractivity contribution in [3.8, 4) is 0 Å². The summed E-state index contributed by atoms with van der Waals surface area (Å²) in [7, 11) is 1.47. The van der Waals surface area contributed by atoms with E-state index in [2.05, 4.69) is 5.32 Å². The molecular weight excluding hydrogens is 246 g/mol. The van der Waals surface area contributed by atoms with Crippen molar-refractivity contribution in [1.82, 2.24) is 0 Å². The molecule has 0 unspecified atom stereocenters. The molecule has 0 aliphatic carbocycles. The molecule has 5 nitrogen and oxygen atoms in total. The highest BCUT2D eigenvalue weighted by Gasteiger charge is 2.02. The number of aryl methyl sites for hydroxylation is 1. The molecule has 0 heterocycles. The van der Waals surface area contributed by atoms with E-state index >= 15 is 0 Å². The Balaban J connectivity index is 2.35. The van der Waals surface area contributed by atoms with E-state index in [1.807, 2.05) is 24.3 Å². The summed E-state index contributed by atoms with van der Waals surface area (Å²) >= 11 is 0. The van der Waals surface area contributed by atoms with E-state index in [9.17, 15) is 9.59 Å². The van der Waals surface area contributed by atoms with Crippen LogP contribution in [0.2, 0.25) is 0 Å². The number of methoxy groups -OCH3 is 1. The first-order valence-corrected chi connectivity index (χ1v) is 6.21. The second-order valence-corrected chi connectivity index (χ2v) is 4.28. The summed E-state index contributed by atoms with van der Waals surface area (Å²) in [5.74, 6) is -0.937. The molecule has 19 heavy (non-hydrogen) atoms. The Hall–Kier alpha value is -1.88.